The van der Waals surface area contributed by atoms with Gasteiger partial charge in [-0.15, -0.1) is 11.3 Å². The highest BCUT2D eigenvalue weighted by atomic mass is 32.1. The van der Waals surface area contributed by atoms with Gasteiger partial charge in [0.1, 0.15) is 5.82 Å². The molecule has 0 aliphatic heterocycles. The zero-order valence-corrected chi connectivity index (χ0v) is 11.2. The molecule has 2 rings (SSSR count). The van der Waals surface area contributed by atoms with Gasteiger partial charge in [0.25, 0.3) is 0 Å². The highest BCUT2D eigenvalue weighted by molar-refractivity contribution is 7.09. The van der Waals surface area contributed by atoms with Crippen molar-refractivity contribution in [3.05, 3.63) is 52.0 Å². The van der Waals surface area contributed by atoms with Crippen molar-refractivity contribution in [1.29, 1.82) is 0 Å². The normalized spacial score (nSPS) is 11.1. The molecule has 0 spiro atoms. The lowest BCUT2D eigenvalue weighted by molar-refractivity contribution is 0.273. The number of rotatable bonds is 5. The third-order valence-corrected chi connectivity index (χ3v) is 3.74. The first-order valence-corrected chi connectivity index (χ1v) is 6.85. The Bertz CT molecular complexity index is 497. The van der Waals surface area contributed by atoms with Crippen LogP contribution in [0.15, 0.2) is 35.7 Å². The van der Waals surface area contributed by atoms with Crippen LogP contribution in [0.1, 0.15) is 17.4 Å². The molecular weight excluding hydrogens is 247 g/mol. The van der Waals surface area contributed by atoms with Gasteiger partial charge >= 0.3 is 0 Å². The van der Waals surface area contributed by atoms with Gasteiger partial charge in [0, 0.05) is 18.0 Å². The maximum absolute atomic E-state index is 13.4. The Morgan fingerprint density at radius 1 is 1.28 bits per heavy atom. The molecule has 0 fully saturated rings. The third kappa shape index (κ3) is 3.31. The summed E-state index contributed by atoms with van der Waals surface area (Å²) in [6.07, 6.45) is 0. The number of anilines is 1. The van der Waals surface area contributed by atoms with Crippen molar-refractivity contribution in [3.63, 3.8) is 0 Å². The number of nitrogens with zero attached hydrogens (tertiary/aromatic N) is 1. The van der Waals surface area contributed by atoms with Crippen LogP contribution in [0, 0.1) is 5.82 Å². The molecule has 96 valence electrons. The molecule has 4 heteroatoms. The van der Waals surface area contributed by atoms with Gasteiger partial charge in [-0.3, -0.25) is 4.90 Å². The first-order chi connectivity index (χ1) is 8.69. The van der Waals surface area contributed by atoms with E-state index in [4.69, 9.17) is 5.73 Å². The van der Waals surface area contributed by atoms with Crippen LogP contribution in [0.4, 0.5) is 10.1 Å². The minimum Gasteiger partial charge on any atom is -0.396 e. The smallest absolute Gasteiger partial charge is 0.146 e. The van der Waals surface area contributed by atoms with Crippen molar-refractivity contribution in [2.75, 3.05) is 12.3 Å². The summed E-state index contributed by atoms with van der Waals surface area (Å²) >= 11 is 1.75. The van der Waals surface area contributed by atoms with Crippen LogP contribution in [-0.4, -0.2) is 11.4 Å². The average molecular weight is 264 g/mol. The number of halogens is 1. The Balaban J connectivity index is 2.03. The Kier molecular flexibility index (Phi) is 4.33. The standard InChI is InChI=1S/C14H17FN2S/c1-2-17(10-12-4-3-7-18-12)9-11-5-6-14(16)13(15)8-11/h3-8H,2,9-10,16H2,1H3. The second-order valence-corrected chi connectivity index (χ2v) is 5.27. The van der Waals surface area contributed by atoms with Crippen molar-refractivity contribution in [2.45, 2.75) is 20.0 Å². The van der Waals surface area contributed by atoms with E-state index in [-0.39, 0.29) is 11.5 Å². The zero-order valence-electron chi connectivity index (χ0n) is 10.4. The number of nitrogens with two attached hydrogens (primary N) is 1. The van der Waals surface area contributed by atoms with E-state index in [0.29, 0.717) is 0 Å². The summed E-state index contributed by atoms with van der Waals surface area (Å²) in [5.74, 6) is -0.334. The van der Waals surface area contributed by atoms with Crippen molar-refractivity contribution < 1.29 is 4.39 Å². The van der Waals surface area contributed by atoms with Crippen molar-refractivity contribution in [2.24, 2.45) is 0 Å². The van der Waals surface area contributed by atoms with Gasteiger partial charge in [-0.05, 0) is 35.7 Å². The molecule has 0 aliphatic carbocycles. The Hall–Kier alpha value is -1.39. The van der Waals surface area contributed by atoms with Crippen LogP contribution in [0.5, 0.6) is 0 Å². The first-order valence-electron chi connectivity index (χ1n) is 5.97. The van der Waals surface area contributed by atoms with E-state index in [0.717, 1.165) is 25.2 Å². The molecule has 0 atom stereocenters. The minimum absolute atomic E-state index is 0.208. The largest absolute Gasteiger partial charge is 0.396 e. The number of nitrogen functional groups attached to an aromatic ring is 1. The fourth-order valence-electron chi connectivity index (χ4n) is 1.83. The topological polar surface area (TPSA) is 29.3 Å². The van der Waals surface area contributed by atoms with E-state index < -0.39 is 0 Å². The third-order valence-electron chi connectivity index (χ3n) is 2.88. The second-order valence-electron chi connectivity index (χ2n) is 4.24. The van der Waals surface area contributed by atoms with Gasteiger partial charge in [-0.25, -0.2) is 4.39 Å². The molecule has 0 radical (unpaired) electrons. The van der Waals surface area contributed by atoms with Crippen LogP contribution in [-0.2, 0) is 13.1 Å². The lowest BCUT2D eigenvalue weighted by atomic mass is 10.2. The quantitative estimate of drug-likeness (QED) is 0.838. The van der Waals surface area contributed by atoms with Crippen molar-refractivity contribution >= 4 is 17.0 Å². The molecule has 1 aromatic carbocycles. The summed E-state index contributed by atoms with van der Waals surface area (Å²) in [5.41, 5.74) is 6.64. The summed E-state index contributed by atoms with van der Waals surface area (Å²) in [4.78, 5) is 3.60. The molecule has 18 heavy (non-hydrogen) atoms. The zero-order chi connectivity index (χ0) is 13.0. The van der Waals surface area contributed by atoms with Gasteiger partial charge in [0.15, 0.2) is 0 Å². The molecular formula is C14H17FN2S. The second kappa shape index (κ2) is 5.98. The Labute approximate surface area is 111 Å². The summed E-state index contributed by atoms with van der Waals surface area (Å²) < 4.78 is 13.4. The van der Waals surface area contributed by atoms with E-state index in [1.165, 1.54) is 10.9 Å². The average Bonchev–Trinajstić information content (AvgIpc) is 2.86. The van der Waals surface area contributed by atoms with Crippen molar-refractivity contribution in [1.82, 2.24) is 4.90 Å². The molecule has 2 N–H and O–H groups in total. The van der Waals surface area contributed by atoms with Gasteiger partial charge in [0.05, 0.1) is 5.69 Å². The molecule has 0 bridgehead atoms. The lowest BCUT2D eigenvalue weighted by Crippen LogP contribution is -2.21. The van der Waals surface area contributed by atoms with Crippen LogP contribution >= 0.6 is 11.3 Å². The predicted molar refractivity (Wildman–Crippen MR) is 74.9 cm³/mol. The SMILES string of the molecule is CCN(Cc1ccc(N)c(F)c1)Cc1cccs1. The Morgan fingerprint density at radius 3 is 2.72 bits per heavy atom. The van der Waals surface area contributed by atoms with Crippen molar-refractivity contribution in [3.8, 4) is 0 Å². The van der Waals surface area contributed by atoms with Gasteiger partial charge in [0.2, 0.25) is 0 Å². The maximum atomic E-state index is 13.4. The molecule has 0 amide bonds. The summed E-state index contributed by atoms with van der Waals surface area (Å²) in [6.45, 7) is 4.69. The number of hydrogen-bond donors (Lipinski definition) is 1. The maximum Gasteiger partial charge on any atom is 0.146 e. The highest BCUT2D eigenvalue weighted by Crippen LogP contribution is 2.16. The van der Waals surface area contributed by atoms with E-state index >= 15 is 0 Å². The molecule has 0 aliphatic rings. The van der Waals surface area contributed by atoms with Crippen LogP contribution in [0.25, 0.3) is 0 Å². The lowest BCUT2D eigenvalue weighted by Gasteiger charge is -2.19. The molecule has 0 unspecified atom stereocenters. The molecule has 0 saturated carbocycles. The van der Waals surface area contributed by atoms with Gasteiger partial charge in [-0.2, -0.15) is 0 Å². The summed E-state index contributed by atoms with van der Waals surface area (Å²) in [5, 5.41) is 2.08. The van der Waals surface area contributed by atoms with E-state index in [1.54, 1.807) is 17.4 Å². The van der Waals surface area contributed by atoms with Crippen LogP contribution in [0.3, 0.4) is 0 Å². The molecule has 1 heterocycles. The molecule has 2 aromatic rings. The monoisotopic (exact) mass is 264 g/mol. The number of hydrogen-bond acceptors (Lipinski definition) is 3. The predicted octanol–water partition coefficient (Wildman–Crippen LogP) is 3.49. The number of thiophene rings is 1. The first kappa shape index (κ1) is 13.1. The Morgan fingerprint density at radius 2 is 2.11 bits per heavy atom. The minimum atomic E-state index is -0.334. The highest BCUT2D eigenvalue weighted by Gasteiger charge is 2.07. The van der Waals surface area contributed by atoms with E-state index in [2.05, 4.69) is 29.3 Å². The van der Waals surface area contributed by atoms with Gasteiger partial charge in [-0.1, -0.05) is 19.1 Å². The summed E-state index contributed by atoms with van der Waals surface area (Å²) in [6, 6.07) is 9.21. The fraction of sp³-hybridized carbons (Fsp3) is 0.286. The van der Waals surface area contributed by atoms with Crippen LogP contribution < -0.4 is 5.73 Å². The van der Waals surface area contributed by atoms with Crippen LogP contribution in [0.2, 0.25) is 0 Å². The number of benzene rings is 1. The molecule has 1 aromatic heterocycles. The fourth-order valence-corrected chi connectivity index (χ4v) is 2.58. The molecule has 2 nitrogen and oxygen atoms in total. The molecule has 0 saturated heterocycles. The van der Waals surface area contributed by atoms with Gasteiger partial charge < -0.3 is 5.73 Å². The summed E-state index contributed by atoms with van der Waals surface area (Å²) in [7, 11) is 0. The van der Waals surface area contributed by atoms with E-state index in [9.17, 15) is 4.39 Å². The van der Waals surface area contributed by atoms with E-state index in [1.807, 2.05) is 6.07 Å².